The van der Waals surface area contributed by atoms with Gasteiger partial charge in [-0.2, -0.15) is 0 Å². The Labute approximate surface area is 61.2 Å². The summed E-state index contributed by atoms with van der Waals surface area (Å²) >= 11 is 0. The summed E-state index contributed by atoms with van der Waals surface area (Å²) in [5, 5.41) is 3.74. The third-order valence-electron chi connectivity index (χ3n) is 1.96. The molecule has 1 aliphatic heterocycles. The molecule has 1 rings (SSSR count). The van der Waals surface area contributed by atoms with Crippen LogP contribution in [0.2, 0.25) is 0 Å². The average Bonchev–Trinajstić information content (AvgIpc) is 2.30. The lowest BCUT2D eigenvalue weighted by Gasteiger charge is -2.12. The molecule has 1 heterocycles. The Kier molecular flexibility index (Phi) is 2.14. The summed E-state index contributed by atoms with van der Waals surface area (Å²) in [5.74, 6) is 1.01. The number of oxime groups is 1. The first kappa shape index (κ1) is 7.38. The summed E-state index contributed by atoms with van der Waals surface area (Å²) in [4.78, 5) is 5.08. The van der Waals surface area contributed by atoms with Gasteiger partial charge >= 0.3 is 0 Å². The van der Waals surface area contributed by atoms with Crippen molar-refractivity contribution in [1.82, 2.24) is 0 Å². The molecule has 0 fully saturated rings. The molecule has 0 aliphatic carbocycles. The monoisotopic (exact) mass is 142 g/mol. The average molecular weight is 142 g/mol. The van der Waals surface area contributed by atoms with E-state index in [-0.39, 0.29) is 6.10 Å². The van der Waals surface area contributed by atoms with Crippen molar-refractivity contribution >= 4 is 5.84 Å². The van der Waals surface area contributed by atoms with Crippen molar-refractivity contribution in [2.75, 3.05) is 0 Å². The van der Waals surface area contributed by atoms with Crippen LogP contribution in [0.4, 0.5) is 0 Å². The van der Waals surface area contributed by atoms with Gasteiger partial charge in [0.25, 0.3) is 0 Å². The Morgan fingerprint density at radius 1 is 1.50 bits per heavy atom. The fourth-order valence-electron chi connectivity index (χ4n) is 1.29. The summed E-state index contributed by atoms with van der Waals surface area (Å²) in [5.41, 5.74) is 5.58. The van der Waals surface area contributed by atoms with Crippen LogP contribution in [0.25, 0.3) is 0 Å². The molecule has 0 aromatic rings. The van der Waals surface area contributed by atoms with Crippen molar-refractivity contribution < 1.29 is 4.84 Å². The molecule has 2 atom stereocenters. The van der Waals surface area contributed by atoms with Crippen LogP contribution in [0, 0.1) is 5.92 Å². The normalized spacial score (nSPS) is 31.6. The van der Waals surface area contributed by atoms with Gasteiger partial charge < -0.3 is 10.6 Å². The molecule has 58 valence electrons. The minimum atomic E-state index is 0.227. The van der Waals surface area contributed by atoms with Gasteiger partial charge in [0, 0.05) is 0 Å². The van der Waals surface area contributed by atoms with Crippen LogP contribution in [0.3, 0.4) is 0 Å². The van der Waals surface area contributed by atoms with Crippen LogP contribution in [0.5, 0.6) is 0 Å². The highest BCUT2D eigenvalue weighted by molar-refractivity contribution is 5.83. The van der Waals surface area contributed by atoms with Crippen molar-refractivity contribution in [3.63, 3.8) is 0 Å². The highest BCUT2D eigenvalue weighted by Crippen LogP contribution is 2.21. The van der Waals surface area contributed by atoms with Crippen LogP contribution < -0.4 is 5.73 Å². The molecule has 2 N–H and O–H groups in total. The van der Waals surface area contributed by atoms with Gasteiger partial charge in [-0.15, -0.1) is 0 Å². The second-order valence-corrected chi connectivity index (χ2v) is 2.58. The van der Waals surface area contributed by atoms with Crippen LogP contribution in [-0.2, 0) is 4.84 Å². The zero-order valence-electron chi connectivity index (χ0n) is 6.50. The molecule has 0 aromatic carbocycles. The van der Waals surface area contributed by atoms with Crippen LogP contribution in [-0.4, -0.2) is 11.9 Å². The lowest BCUT2D eigenvalue weighted by molar-refractivity contribution is 0.0583. The Morgan fingerprint density at radius 2 is 2.20 bits per heavy atom. The van der Waals surface area contributed by atoms with E-state index in [2.05, 4.69) is 19.0 Å². The molecule has 3 nitrogen and oxygen atoms in total. The van der Waals surface area contributed by atoms with E-state index in [1.165, 1.54) is 0 Å². The summed E-state index contributed by atoms with van der Waals surface area (Å²) < 4.78 is 0. The van der Waals surface area contributed by atoms with Gasteiger partial charge in [-0.25, -0.2) is 0 Å². The molecule has 0 bridgehead atoms. The first-order valence-corrected chi connectivity index (χ1v) is 3.78. The summed E-state index contributed by atoms with van der Waals surface area (Å²) in [6.07, 6.45) is 2.24. The van der Waals surface area contributed by atoms with E-state index in [0.29, 0.717) is 11.8 Å². The first-order chi connectivity index (χ1) is 4.79. The summed E-state index contributed by atoms with van der Waals surface area (Å²) in [6.45, 7) is 4.19. The van der Waals surface area contributed by atoms with E-state index in [9.17, 15) is 0 Å². The third kappa shape index (κ3) is 1.08. The van der Waals surface area contributed by atoms with E-state index >= 15 is 0 Å². The molecule has 0 spiro atoms. The Hall–Kier alpha value is -0.730. The maximum Gasteiger partial charge on any atom is 0.146 e. The number of hydrogen-bond donors (Lipinski definition) is 1. The van der Waals surface area contributed by atoms with E-state index in [4.69, 9.17) is 10.6 Å². The molecular formula is C7H14N2O. The zero-order valence-corrected chi connectivity index (χ0v) is 6.50. The number of nitrogens with zero attached hydrogens (tertiary/aromatic N) is 1. The SMILES string of the molecule is CCC1ON=C(N)C1CC. The number of rotatable bonds is 2. The smallest absolute Gasteiger partial charge is 0.146 e. The van der Waals surface area contributed by atoms with Crippen molar-refractivity contribution in [3.05, 3.63) is 0 Å². The largest absolute Gasteiger partial charge is 0.390 e. The minimum Gasteiger partial charge on any atom is -0.390 e. The molecule has 2 unspecified atom stereocenters. The van der Waals surface area contributed by atoms with E-state index in [0.717, 1.165) is 12.8 Å². The lowest BCUT2D eigenvalue weighted by Crippen LogP contribution is -2.27. The molecule has 0 aromatic heterocycles. The van der Waals surface area contributed by atoms with Crippen molar-refractivity contribution in [2.45, 2.75) is 32.8 Å². The number of hydrogen-bond acceptors (Lipinski definition) is 3. The predicted molar refractivity (Wildman–Crippen MR) is 40.6 cm³/mol. The predicted octanol–water partition coefficient (Wildman–Crippen LogP) is 1.09. The van der Waals surface area contributed by atoms with Gasteiger partial charge in [0.05, 0.1) is 5.92 Å². The molecule has 0 radical (unpaired) electrons. The van der Waals surface area contributed by atoms with Crippen molar-refractivity contribution in [3.8, 4) is 0 Å². The minimum absolute atomic E-state index is 0.227. The van der Waals surface area contributed by atoms with E-state index in [1.54, 1.807) is 0 Å². The highest BCUT2D eigenvalue weighted by atomic mass is 16.6. The fraction of sp³-hybridized carbons (Fsp3) is 0.857. The fourth-order valence-corrected chi connectivity index (χ4v) is 1.29. The molecule has 0 saturated carbocycles. The molecule has 1 aliphatic rings. The van der Waals surface area contributed by atoms with E-state index < -0.39 is 0 Å². The molecular weight excluding hydrogens is 128 g/mol. The molecule has 3 heteroatoms. The molecule has 0 saturated heterocycles. The summed E-state index contributed by atoms with van der Waals surface area (Å²) in [6, 6.07) is 0. The quantitative estimate of drug-likeness (QED) is 0.627. The van der Waals surface area contributed by atoms with Gasteiger partial charge in [-0.05, 0) is 12.8 Å². The van der Waals surface area contributed by atoms with Crippen LogP contribution >= 0.6 is 0 Å². The number of amidine groups is 1. The zero-order chi connectivity index (χ0) is 7.56. The van der Waals surface area contributed by atoms with Gasteiger partial charge in [0.2, 0.25) is 0 Å². The summed E-state index contributed by atoms with van der Waals surface area (Å²) in [7, 11) is 0. The second-order valence-electron chi connectivity index (χ2n) is 2.58. The maximum atomic E-state index is 5.58. The van der Waals surface area contributed by atoms with Crippen molar-refractivity contribution in [2.24, 2.45) is 16.8 Å². The van der Waals surface area contributed by atoms with Crippen LogP contribution in [0.15, 0.2) is 5.16 Å². The Balaban J connectivity index is 2.54. The number of nitrogens with two attached hydrogens (primary N) is 1. The first-order valence-electron chi connectivity index (χ1n) is 3.78. The lowest BCUT2D eigenvalue weighted by atomic mass is 9.97. The maximum absolute atomic E-state index is 5.58. The highest BCUT2D eigenvalue weighted by Gasteiger charge is 2.29. The second kappa shape index (κ2) is 2.90. The van der Waals surface area contributed by atoms with Gasteiger partial charge in [-0.1, -0.05) is 19.0 Å². The third-order valence-corrected chi connectivity index (χ3v) is 1.96. The molecule has 0 amide bonds. The van der Waals surface area contributed by atoms with Crippen molar-refractivity contribution in [1.29, 1.82) is 0 Å². The van der Waals surface area contributed by atoms with E-state index in [1.807, 2.05) is 0 Å². The van der Waals surface area contributed by atoms with Crippen LogP contribution in [0.1, 0.15) is 26.7 Å². The van der Waals surface area contributed by atoms with Gasteiger partial charge in [0.15, 0.2) is 0 Å². The Morgan fingerprint density at radius 3 is 2.60 bits per heavy atom. The molecule has 10 heavy (non-hydrogen) atoms. The van der Waals surface area contributed by atoms with Gasteiger partial charge in [0.1, 0.15) is 11.9 Å². The topological polar surface area (TPSA) is 47.6 Å². The standard InChI is InChI=1S/C7H14N2O/c1-3-5-6(4-2)10-9-7(5)8/h5-6H,3-4H2,1-2H3,(H2,8,9). The Bertz CT molecular complexity index is 145. The van der Waals surface area contributed by atoms with Gasteiger partial charge in [-0.3, -0.25) is 0 Å².